The number of benzene rings is 2. The second-order valence-electron chi connectivity index (χ2n) is 6.68. The monoisotopic (exact) mass is 413 g/mol. The topological polar surface area (TPSA) is 64.0 Å². The number of hydrogen-bond acceptors (Lipinski definition) is 4. The Morgan fingerprint density at radius 3 is 2.66 bits per heavy atom. The van der Waals surface area contributed by atoms with Crippen molar-refractivity contribution in [3.63, 3.8) is 0 Å². The molecule has 0 atom stereocenters. The predicted octanol–water partition coefficient (Wildman–Crippen LogP) is 4.31. The standard InChI is InChI=1S/C22H24FN3O2S/c1-2-3-14-24-20(27)9-6-15-29-22-25-19-8-5-4-7-18(19)21(28)26(22)17-12-10-16(23)11-13-17/h4-5,7-8,10-13H,2-3,6,9,14-15H2,1H3,(H,24,27). The Morgan fingerprint density at radius 1 is 1.14 bits per heavy atom. The third-order valence-corrected chi connectivity index (χ3v) is 5.49. The Labute approximate surface area is 173 Å². The molecule has 0 radical (unpaired) electrons. The van der Waals surface area contributed by atoms with Gasteiger partial charge in [-0.1, -0.05) is 37.2 Å². The summed E-state index contributed by atoms with van der Waals surface area (Å²) < 4.78 is 14.9. The lowest BCUT2D eigenvalue weighted by atomic mass is 10.2. The summed E-state index contributed by atoms with van der Waals surface area (Å²) in [5.74, 6) is 0.327. The number of thioether (sulfide) groups is 1. The zero-order chi connectivity index (χ0) is 20.6. The highest BCUT2D eigenvalue weighted by Crippen LogP contribution is 2.22. The Morgan fingerprint density at radius 2 is 1.90 bits per heavy atom. The molecule has 0 aliphatic carbocycles. The van der Waals surface area contributed by atoms with Crippen LogP contribution >= 0.6 is 11.8 Å². The van der Waals surface area contributed by atoms with Gasteiger partial charge in [0, 0.05) is 18.7 Å². The van der Waals surface area contributed by atoms with E-state index in [0.717, 1.165) is 12.8 Å². The van der Waals surface area contributed by atoms with Crippen LogP contribution < -0.4 is 10.9 Å². The Balaban J connectivity index is 1.79. The van der Waals surface area contributed by atoms with Crippen LogP contribution in [-0.2, 0) is 4.79 Å². The number of hydrogen-bond donors (Lipinski definition) is 1. The van der Waals surface area contributed by atoms with Gasteiger partial charge in [0.15, 0.2) is 5.16 Å². The highest BCUT2D eigenvalue weighted by atomic mass is 32.2. The van der Waals surface area contributed by atoms with Gasteiger partial charge in [-0.3, -0.25) is 14.2 Å². The van der Waals surface area contributed by atoms with Crippen LogP contribution in [0.3, 0.4) is 0 Å². The van der Waals surface area contributed by atoms with Crippen LogP contribution in [0.4, 0.5) is 4.39 Å². The molecule has 29 heavy (non-hydrogen) atoms. The minimum absolute atomic E-state index is 0.0430. The number of para-hydroxylation sites is 1. The maximum Gasteiger partial charge on any atom is 0.266 e. The number of unbranched alkanes of at least 4 members (excludes halogenated alkanes) is 1. The van der Waals surface area contributed by atoms with Gasteiger partial charge < -0.3 is 5.32 Å². The van der Waals surface area contributed by atoms with Crippen LogP contribution in [0.15, 0.2) is 58.5 Å². The van der Waals surface area contributed by atoms with Gasteiger partial charge >= 0.3 is 0 Å². The van der Waals surface area contributed by atoms with Crippen molar-refractivity contribution in [3.05, 3.63) is 64.7 Å². The van der Waals surface area contributed by atoms with E-state index in [0.29, 0.717) is 46.9 Å². The highest BCUT2D eigenvalue weighted by molar-refractivity contribution is 7.99. The van der Waals surface area contributed by atoms with E-state index in [1.165, 1.54) is 28.5 Å². The first-order valence-electron chi connectivity index (χ1n) is 9.77. The van der Waals surface area contributed by atoms with Gasteiger partial charge in [-0.2, -0.15) is 0 Å². The molecule has 7 heteroatoms. The van der Waals surface area contributed by atoms with Gasteiger partial charge in [0.2, 0.25) is 5.91 Å². The van der Waals surface area contributed by atoms with E-state index in [1.807, 2.05) is 6.07 Å². The molecule has 152 valence electrons. The summed E-state index contributed by atoms with van der Waals surface area (Å²) in [4.78, 5) is 29.6. The van der Waals surface area contributed by atoms with Crippen molar-refractivity contribution in [1.29, 1.82) is 0 Å². The maximum atomic E-state index is 13.3. The van der Waals surface area contributed by atoms with Crippen molar-refractivity contribution in [3.8, 4) is 5.69 Å². The fourth-order valence-corrected chi connectivity index (χ4v) is 3.87. The summed E-state index contributed by atoms with van der Waals surface area (Å²) in [6, 6.07) is 13.0. The molecule has 3 aromatic rings. The zero-order valence-electron chi connectivity index (χ0n) is 16.4. The molecule has 0 aliphatic heterocycles. The van der Waals surface area contributed by atoms with Crippen LogP contribution in [-0.4, -0.2) is 27.8 Å². The second-order valence-corrected chi connectivity index (χ2v) is 7.75. The molecular weight excluding hydrogens is 389 g/mol. The molecule has 1 N–H and O–H groups in total. The van der Waals surface area contributed by atoms with Crippen molar-refractivity contribution >= 4 is 28.6 Å². The second kappa shape index (κ2) is 10.2. The van der Waals surface area contributed by atoms with Gasteiger partial charge in [-0.25, -0.2) is 9.37 Å². The minimum Gasteiger partial charge on any atom is -0.356 e. The van der Waals surface area contributed by atoms with Gasteiger partial charge in [0.05, 0.1) is 16.6 Å². The summed E-state index contributed by atoms with van der Waals surface area (Å²) in [5, 5.41) is 3.95. The van der Waals surface area contributed by atoms with Crippen LogP contribution in [0.2, 0.25) is 0 Å². The predicted molar refractivity (Wildman–Crippen MR) is 115 cm³/mol. The fraction of sp³-hybridized carbons (Fsp3) is 0.318. The lowest BCUT2D eigenvalue weighted by Gasteiger charge is -2.13. The van der Waals surface area contributed by atoms with E-state index >= 15 is 0 Å². The van der Waals surface area contributed by atoms with E-state index in [4.69, 9.17) is 0 Å². The lowest BCUT2D eigenvalue weighted by Crippen LogP contribution is -2.24. The normalized spacial score (nSPS) is 11.0. The van der Waals surface area contributed by atoms with Crippen molar-refractivity contribution in [2.75, 3.05) is 12.3 Å². The van der Waals surface area contributed by atoms with Gasteiger partial charge in [-0.05, 0) is 49.2 Å². The number of nitrogens with zero attached hydrogens (tertiary/aromatic N) is 2. The number of amides is 1. The van der Waals surface area contributed by atoms with Gasteiger partial charge in [0.25, 0.3) is 5.56 Å². The smallest absolute Gasteiger partial charge is 0.266 e. The number of halogens is 1. The van der Waals surface area contributed by atoms with Crippen molar-refractivity contribution in [1.82, 2.24) is 14.9 Å². The van der Waals surface area contributed by atoms with Crippen molar-refractivity contribution in [2.45, 2.75) is 37.8 Å². The lowest BCUT2D eigenvalue weighted by molar-refractivity contribution is -0.121. The summed E-state index contributed by atoms with van der Waals surface area (Å²) in [6.07, 6.45) is 3.13. The molecule has 0 fully saturated rings. The first kappa shape index (κ1) is 21.0. The molecule has 3 rings (SSSR count). The largest absolute Gasteiger partial charge is 0.356 e. The average Bonchev–Trinajstić information content (AvgIpc) is 2.73. The average molecular weight is 414 g/mol. The first-order chi connectivity index (χ1) is 14.1. The van der Waals surface area contributed by atoms with Crippen molar-refractivity contribution in [2.24, 2.45) is 0 Å². The first-order valence-corrected chi connectivity index (χ1v) is 10.8. The Kier molecular flexibility index (Phi) is 7.41. The van der Waals surface area contributed by atoms with Crippen LogP contribution in [0.5, 0.6) is 0 Å². The Bertz CT molecular complexity index is 1030. The molecule has 1 aromatic heterocycles. The fourth-order valence-electron chi connectivity index (χ4n) is 2.92. The van der Waals surface area contributed by atoms with Crippen LogP contribution in [0.1, 0.15) is 32.6 Å². The number of fused-ring (bicyclic) bond motifs is 1. The van der Waals surface area contributed by atoms with E-state index in [-0.39, 0.29) is 17.3 Å². The maximum absolute atomic E-state index is 13.3. The third kappa shape index (κ3) is 5.44. The SMILES string of the molecule is CCCCNC(=O)CCCSc1nc2ccccc2c(=O)n1-c1ccc(F)cc1. The number of nitrogens with one attached hydrogen (secondary N) is 1. The summed E-state index contributed by atoms with van der Waals surface area (Å²) in [5.41, 5.74) is 0.993. The summed E-state index contributed by atoms with van der Waals surface area (Å²) in [6.45, 7) is 2.79. The molecule has 5 nitrogen and oxygen atoms in total. The van der Waals surface area contributed by atoms with E-state index in [1.54, 1.807) is 30.3 Å². The quantitative estimate of drug-likeness (QED) is 0.322. The Hall–Kier alpha value is -2.67. The van der Waals surface area contributed by atoms with Crippen LogP contribution in [0.25, 0.3) is 16.6 Å². The number of carbonyl (C=O) groups is 1. The molecule has 2 aromatic carbocycles. The highest BCUT2D eigenvalue weighted by Gasteiger charge is 2.13. The van der Waals surface area contributed by atoms with E-state index in [2.05, 4.69) is 17.2 Å². The minimum atomic E-state index is -0.362. The summed E-state index contributed by atoms with van der Waals surface area (Å²) in [7, 11) is 0. The summed E-state index contributed by atoms with van der Waals surface area (Å²) >= 11 is 1.42. The molecule has 0 saturated heterocycles. The zero-order valence-corrected chi connectivity index (χ0v) is 17.2. The van der Waals surface area contributed by atoms with Crippen LogP contribution in [0, 0.1) is 5.82 Å². The molecule has 1 heterocycles. The molecule has 0 bridgehead atoms. The number of carbonyl (C=O) groups excluding carboxylic acids is 1. The van der Waals surface area contributed by atoms with E-state index in [9.17, 15) is 14.0 Å². The number of aromatic nitrogens is 2. The van der Waals surface area contributed by atoms with Gasteiger partial charge in [0.1, 0.15) is 5.82 Å². The molecule has 1 amide bonds. The third-order valence-electron chi connectivity index (χ3n) is 4.46. The van der Waals surface area contributed by atoms with E-state index < -0.39 is 0 Å². The number of rotatable bonds is 9. The van der Waals surface area contributed by atoms with Crippen molar-refractivity contribution < 1.29 is 9.18 Å². The molecular formula is C22H24FN3O2S. The van der Waals surface area contributed by atoms with Gasteiger partial charge in [-0.15, -0.1) is 0 Å². The molecule has 0 saturated carbocycles. The molecule has 0 spiro atoms. The molecule has 0 unspecified atom stereocenters. The molecule has 0 aliphatic rings.